The Morgan fingerprint density at radius 1 is 1.44 bits per heavy atom. The zero-order valence-corrected chi connectivity index (χ0v) is 9.99. The Morgan fingerprint density at radius 2 is 2.19 bits per heavy atom. The summed E-state index contributed by atoms with van der Waals surface area (Å²) >= 11 is 0. The third-order valence-corrected chi connectivity index (χ3v) is 2.94. The molecule has 1 atom stereocenters. The molecule has 0 aliphatic heterocycles. The molecule has 0 aliphatic rings. The molecule has 1 rings (SSSR count). The molecule has 1 aromatic carbocycles. The molecule has 0 heterocycles. The van der Waals surface area contributed by atoms with Gasteiger partial charge in [-0.2, -0.15) is 0 Å². The van der Waals surface area contributed by atoms with Crippen LogP contribution in [0.3, 0.4) is 0 Å². The lowest BCUT2D eigenvalue weighted by molar-refractivity contribution is 0.182. The van der Waals surface area contributed by atoms with Crippen LogP contribution in [-0.4, -0.2) is 36.2 Å². The lowest BCUT2D eigenvalue weighted by Gasteiger charge is -2.23. The Bertz CT molecular complexity index is 317. The summed E-state index contributed by atoms with van der Waals surface area (Å²) in [4.78, 5) is 2.11. The van der Waals surface area contributed by atoms with E-state index in [1.807, 2.05) is 13.1 Å². The van der Waals surface area contributed by atoms with E-state index in [0.29, 0.717) is 12.6 Å². The van der Waals surface area contributed by atoms with E-state index in [0.717, 1.165) is 18.4 Å². The minimum atomic E-state index is -0.172. The number of aryl methyl sites for hydroxylation is 1. The van der Waals surface area contributed by atoms with Crippen molar-refractivity contribution in [1.29, 1.82) is 0 Å². The smallest absolute Gasteiger partial charge is 0.123 e. The molecular formula is C13H20FNO. The molecule has 90 valence electrons. The van der Waals surface area contributed by atoms with Crippen LogP contribution in [0, 0.1) is 5.82 Å². The summed E-state index contributed by atoms with van der Waals surface area (Å²) in [5.41, 5.74) is 1.03. The predicted molar refractivity (Wildman–Crippen MR) is 63.9 cm³/mol. The standard InChI is InChI=1S/C13H20FNO/c1-11(15(2)8-9-16)6-7-12-4-3-5-13(14)10-12/h3-5,10-11,16H,6-9H2,1-2H3. The van der Waals surface area contributed by atoms with E-state index >= 15 is 0 Å². The van der Waals surface area contributed by atoms with Crippen molar-refractivity contribution in [3.8, 4) is 0 Å². The molecule has 3 heteroatoms. The second-order valence-corrected chi connectivity index (χ2v) is 4.22. The fourth-order valence-corrected chi connectivity index (χ4v) is 1.67. The lowest BCUT2D eigenvalue weighted by Crippen LogP contribution is -2.31. The van der Waals surface area contributed by atoms with Crippen LogP contribution in [0.15, 0.2) is 24.3 Å². The highest BCUT2D eigenvalue weighted by atomic mass is 19.1. The molecule has 0 radical (unpaired) electrons. The third-order valence-electron chi connectivity index (χ3n) is 2.94. The van der Waals surface area contributed by atoms with Gasteiger partial charge in [0.1, 0.15) is 5.82 Å². The highest BCUT2D eigenvalue weighted by molar-refractivity contribution is 5.16. The Kier molecular flexibility index (Phi) is 5.43. The van der Waals surface area contributed by atoms with E-state index in [1.165, 1.54) is 6.07 Å². The highest BCUT2D eigenvalue weighted by Gasteiger charge is 2.08. The Labute approximate surface area is 96.7 Å². The quantitative estimate of drug-likeness (QED) is 0.801. The van der Waals surface area contributed by atoms with Crippen LogP contribution in [0.1, 0.15) is 18.9 Å². The van der Waals surface area contributed by atoms with Crippen molar-refractivity contribution in [2.24, 2.45) is 0 Å². The summed E-state index contributed by atoms with van der Waals surface area (Å²) in [7, 11) is 1.99. The normalized spacial score (nSPS) is 13.1. The molecule has 0 bridgehead atoms. The zero-order valence-electron chi connectivity index (χ0n) is 9.99. The number of rotatable bonds is 6. The molecule has 1 aromatic rings. The van der Waals surface area contributed by atoms with Gasteiger partial charge >= 0.3 is 0 Å². The van der Waals surface area contributed by atoms with Crippen LogP contribution in [0.4, 0.5) is 4.39 Å². The molecule has 0 saturated carbocycles. The lowest BCUT2D eigenvalue weighted by atomic mass is 10.1. The molecule has 0 spiro atoms. The maximum Gasteiger partial charge on any atom is 0.123 e. The van der Waals surface area contributed by atoms with Crippen molar-refractivity contribution in [2.45, 2.75) is 25.8 Å². The van der Waals surface area contributed by atoms with Gasteiger partial charge in [0.05, 0.1) is 6.61 Å². The van der Waals surface area contributed by atoms with Crippen LogP contribution in [0.2, 0.25) is 0 Å². The van der Waals surface area contributed by atoms with Crippen molar-refractivity contribution < 1.29 is 9.50 Å². The van der Waals surface area contributed by atoms with Gasteiger partial charge in [0, 0.05) is 12.6 Å². The summed E-state index contributed by atoms with van der Waals surface area (Å²) in [6.45, 7) is 2.99. The number of halogens is 1. The summed E-state index contributed by atoms with van der Waals surface area (Å²) in [6.07, 6.45) is 1.84. The van der Waals surface area contributed by atoms with E-state index in [1.54, 1.807) is 12.1 Å². The predicted octanol–water partition coefficient (Wildman–Crippen LogP) is 2.07. The molecule has 0 aliphatic carbocycles. The molecule has 1 unspecified atom stereocenters. The van der Waals surface area contributed by atoms with Crippen molar-refractivity contribution in [3.05, 3.63) is 35.6 Å². The molecule has 16 heavy (non-hydrogen) atoms. The monoisotopic (exact) mass is 225 g/mol. The van der Waals surface area contributed by atoms with Gasteiger partial charge in [-0.1, -0.05) is 12.1 Å². The number of aliphatic hydroxyl groups is 1. The fourth-order valence-electron chi connectivity index (χ4n) is 1.67. The number of likely N-dealkylation sites (N-methyl/N-ethyl adjacent to an activating group) is 1. The van der Waals surface area contributed by atoms with Crippen molar-refractivity contribution in [1.82, 2.24) is 4.90 Å². The highest BCUT2D eigenvalue weighted by Crippen LogP contribution is 2.10. The number of nitrogens with zero attached hydrogens (tertiary/aromatic N) is 1. The maximum atomic E-state index is 12.9. The number of hydrogen-bond donors (Lipinski definition) is 1. The molecule has 2 nitrogen and oxygen atoms in total. The van der Waals surface area contributed by atoms with E-state index in [9.17, 15) is 4.39 Å². The van der Waals surface area contributed by atoms with Crippen LogP contribution in [0.5, 0.6) is 0 Å². The van der Waals surface area contributed by atoms with Crippen molar-refractivity contribution >= 4 is 0 Å². The minimum Gasteiger partial charge on any atom is -0.395 e. The van der Waals surface area contributed by atoms with E-state index in [4.69, 9.17) is 5.11 Å². The number of hydrogen-bond acceptors (Lipinski definition) is 2. The van der Waals surface area contributed by atoms with Crippen LogP contribution in [-0.2, 0) is 6.42 Å². The molecule has 1 N–H and O–H groups in total. The molecule has 0 amide bonds. The average Bonchev–Trinajstić information content (AvgIpc) is 2.26. The first-order valence-corrected chi connectivity index (χ1v) is 5.69. The van der Waals surface area contributed by atoms with Crippen LogP contribution in [0.25, 0.3) is 0 Å². The van der Waals surface area contributed by atoms with Gasteiger partial charge in [-0.05, 0) is 44.5 Å². The van der Waals surface area contributed by atoms with Gasteiger partial charge in [0.25, 0.3) is 0 Å². The third kappa shape index (κ3) is 4.29. The minimum absolute atomic E-state index is 0.172. The second kappa shape index (κ2) is 6.61. The van der Waals surface area contributed by atoms with Gasteiger partial charge in [-0.15, -0.1) is 0 Å². The number of aliphatic hydroxyl groups excluding tert-OH is 1. The largest absolute Gasteiger partial charge is 0.395 e. The molecular weight excluding hydrogens is 205 g/mol. The van der Waals surface area contributed by atoms with E-state index in [-0.39, 0.29) is 12.4 Å². The van der Waals surface area contributed by atoms with Crippen LogP contribution < -0.4 is 0 Å². The Morgan fingerprint density at radius 3 is 2.81 bits per heavy atom. The average molecular weight is 225 g/mol. The SMILES string of the molecule is CC(CCc1cccc(F)c1)N(C)CCO. The summed E-state index contributed by atoms with van der Waals surface area (Å²) in [5.74, 6) is -0.172. The second-order valence-electron chi connectivity index (χ2n) is 4.22. The first-order chi connectivity index (χ1) is 7.63. The van der Waals surface area contributed by atoms with Gasteiger partial charge in [-0.3, -0.25) is 0 Å². The van der Waals surface area contributed by atoms with Crippen LogP contribution >= 0.6 is 0 Å². The first-order valence-electron chi connectivity index (χ1n) is 5.69. The molecule has 0 saturated heterocycles. The summed E-state index contributed by atoms with van der Waals surface area (Å²) in [6, 6.07) is 7.13. The first kappa shape index (κ1) is 13.1. The van der Waals surface area contributed by atoms with Crippen molar-refractivity contribution in [3.63, 3.8) is 0 Å². The topological polar surface area (TPSA) is 23.5 Å². The molecule has 0 fully saturated rings. The zero-order chi connectivity index (χ0) is 12.0. The van der Waals surface area contributed by atoms with E-state index < -0.39 is 0 Å². The van der Waals surface area contributed by atoms with E-state index in [2.05, 4.69) is 11.8 Å². The van der Waals surface area contributed by atoms with Gasteiger partial charge < -0.3 is 10.0 Å². The Hall–Kier alpha value is -0.930. The molecule has 0 aromatic heterocycles. The fraction of sp³-hybridized carbons (Fsp3) is 0.538. The Balaban J connectivity index is 2.39. The maximum absolute atomic E-state index is 12.9. The summed E-state index contributed by atoms with van der Waals surface area (Å²) < 4.78 is 12.9. The number of benzene rings is 1. The van der Waals surface area contributed by atoms with Gasteiger partial charge in [0.2, 0.25) is 0 Å². The van der Waals surface area contributed by atoms with Gasteiger partial charge in [0.15, 0.2) is 0 Å². The van der Waals surface area contributed by atoms with Crippen molar-refractivity contribution in [2.75, 3.05) is 20.2 Å². The van der Waals surface area contributed by atoms with Gasteiger partial charge in [-0.25, -0.2) is 4.39 Å². The summed E-state index contributed by atoms with van der Waals surface area (Å²) in [5, 5.41) is 8.82.